The van der Waals surface area contributed by atoms with Gasteiger partial charge in [-0.05, 0) is 19.9 Å². The van der Waals surface area contributed by atoms with Crippen molar-refractivity contribution >= 4 is 17.3 Å². The second kappa shape index (κ2) is 7.06. The molecule has 1 aromatic heterocycles. The van der Waals surface area contributed by atoms with E-state index in [0.717, 1.165) is 19.1 Å². The Balaban J connectivity index is 1.91. The summed E-state index contributed by atoms with van der Waals surface area (Å²) in [5.41, 5.74) is 0.304. The summed E-state index contributed by atoms with van der Waals surface area (Å²) >= 11 is 6.08. The van der Waals surface area contributed by atoms with Gasteiger partial charge in [0.1, 0.15) is 5.02 Å². The zero-order valence-corrected chi connectivity index (χ0v) is 12.7. The molecular weight excluding hydrogens is 280 g/mol. The quantitative estimate of drug-likeness (QED) is 0.777. The largest absolute Gasteiger partial charge is 0.383 e. The molecule has 0 aliphatic heterocycles. The third-order valence-electron chi connectivity index (χ3n) is 3.44. The fraction of sp³-hybridized carbons (Fsp3) is 0.692. The molecule has 1 fully saturated rings. The first-order valence-electron chi connectivity index (χ1n) is 6.82. The van der Waals surface area contributed by atoms with Crippen LogP contribution in [0.2, 0.25) is 5.02 Å². The third-order valence-corrected chi connectivity index (χ3v) is 3.81. The molecule has 1 heterocycles. The molecule has 0 amide bonds. The van der Waals surface area contributed by atoms with Crippen molar-refractivity contribution in [2.45, 2.75) is 25.4 Å². The topological polar surface area (TPSA) is 59.4 Å². The number of hydrogen-bond acceptors (Lipinski definition) is 5. The van der Waals surface area contributed by atoms with E-state index >= 15 is 0 Å². The molecule has 0 radical (unpaired) electrons. The van der Waals surface area contributed by atoms with Crippen molar-refractivity contribution in [1.82, 2.24) is 14.7 Å². The van der Waals surface area contributed by atoms with Crippen LogP contribution in [-0.4, -0.2) is 54.6 Å². The van der Waals surface area contributed by atoms with Gasteiger partial charge in [-0.15, -0.1) is 0 Å². The van der Waals surface area contributed by atoms with Crippen LogP contribution in [0.4, 0.5) is 5.69 Å². The summed E-state index contributed by atoms with van der Waals surface area (Å²) in [7, 11) is 3.70. The van der Waals surface area contributed by atoms with Crippen molar-refractivity contribution in [3.63, 3.8) is 0 Å². The van der Waals surface area contributed by atoms with Gasteiger partial charge in [0.25, 0.3) is 5.56 Å². The summed E-state index contributed by atoms with van der Waals surface area (Å²) in [4.78, 5) is 14.3. The van der Waals surface area contributed by atoms with Gasteiger partial charge in [-0.25, -0.2) is 4.68 Å². The van der Waals surface area contributed by atoms with Crippen LogP contribution in [0.15, 0.2) is 11.0 Å². The first kappa shape index (κ1) is 15.3. The number of nitrogens with one attached hydrogen (secondary N) is 1. The fourth-order valence-corrected chi connectivity index (χ4v) is 2.20. The van der Waals surface area contributed by atoms with Gasteiger partial charge in [-0.2, -0.15) is 5.10 Å². The zero-order chi connectivity index (χ0) is 14.5. The van der Waals surface area contributed by atoms with E-state index in [2.05, 4.69) is 22.4 Å². The third kappa shape index (κ3) is 3.94. The minimum atomic E-state index is -0.288. The predicted molar refractivity (Wildman–Crippen MR) is 79.5 cm³/mol. The lowest BCUT2D eigenvalue weighted by Gasteiger charge is -2.16. The molecule has 0 spiro atoms. The Labute approximate surface area is 123 Å². The maximum absolute atomic E-state index is 12.0. The van der Waals surface area contributed by atoms with Crippen LogP contribution >= 0.6 is 11.6 Å². The molecule has 6 nitrogen and oxygen atoms in total. The highest BCUT2D eigenvalue weighted by Gasteiger charge is 2.25. The van der Waals surface area contributed by atoms with Crippen molar-refractivity contribution in [1.29, 1.82) is 0 Å². The van der Waals surface area contributed by atoms with Crippen molar-refractivity contribution < 1.29 is 4.74 Å². The number of aromatic nitrogens is 2. The predicted octanol–water partition coefficient (Wildman–Crippen LogP) is 1.05. The molecule has 1 saturated carbocycles. The molecular formula is C13H21ClN4O2. The lowest BCUT2D eigenvalue weighted by Crippen LogP contribution is -2.29. The fourth-order valence-electron chi connectivity index (χ4n) is 1.99. The Bertz CT molecular complexity index is 502. The van der Waals surface area contributed by atoms with Crippen LogP contribution in [0.5, 0.6) is 0 Å². The van der Waals surface area contributed by atoms with Crippen molar-refractivity contribution in [2.75, 3.05) is 39.2 Å². The summed E-state index contributed by atoms with van der Waals surface area (Å²) in [6.07, 6.45) is 4.17. The van der Waals surface area contributed by atoms with Crippen molar-refractivity contribution in [3.05, 3.63) is 21.6 Å². The van der Waals surface area contributed by atoms with E-state index in [1.807, 2.05) is 0 Å². The highest BCUT2D eigenvalue weighted by molar-refractivity contribution is 6.32. The second-order valence-corrected chi connectivity index (χ2v) is 5.41. The molecule has 0 unspecified atom stereocenters. The van der Waals surface area contributed by atoms with E-state index in [-0.39, 0.29) is 10.6 Å². The first-order chi connectivity index (χ1) is 9.63. The van der Waals surface area contributed by atoms with E-state index in [9.17, 15) is 4.79 Å². The zero-order valence-electron chi connectivity index (χ0n) is 11.9. The van der Waals surface area contributed by atoms with Crippen LogP contribution in [0, 0.1) is 0 Å². The highest BCUT2D eigenvalue weighted by atomic mass is 35.5. The minimum Gasteiger partial charge on any atom is -0.383 e. The highest BCUT2D eigenvalue weighted by Crippen LogP contribution is 2.24. The minimum absolute atomic E-state index is 0.185. The van der Waals surface area contributed by atoms with E-state index in [1.165, 1.54) is 17.5 Å². The van der Waals surface area contributed by atoms with E-state index in [0.29, 0.717) is 18.8 Å². The number of ether oxygens (including phenoxy) is 1. The molecule has 1 aliphatic rings. The molecule has 7 heteroatoms. The Morgan fingerprint density at radius 3 is 3.00 bits per heavy atom. The standard InChI is InChI=1S/C13H21ClN4O2/c1-17(10-3-4-10)6-5-15-11-9-16-18(7-8-20-2)13(19)12(11)14/h9-10,15H,3-8H2,1-2H3. The smallest absolute Gasteiger partial charge is 0.287 e. The van der Waals surface area contributed by atoms with Gasteiger partial charge in [0, 0.05) is 26.2 Å². The summed E-state index contributed by atoms with van der Waals surface area (Å²) in [6.45, 7) is 2.51. The number of anilines is 1. The van der Waals surface area contributed by atoms with Crippen LogP contribution < -0.4 is 10.9 Å². The van der Waals surface area contributed by atoms with Gasteiger partial charge in [0.15, 0.2) is 0 Å². The number of rotatable bonds is 8. The van der Waals surface area contributed by atoms with E-state index < -0.39 is 0 Å². The SMILES string of the molecule is COCCn1ncc(NCCN(C)C2CC2)c(Cl)c1=O. The van der Waals surface area contributed by atoms with Crippen LogP contribution in [0.1, 0.15) is 12.8 Å². The molecule has 112 valence electrons. The van der Waals surface area contributed by atoms with Gasteiger partial charge in [-0.1, -0.05) is 11.6 Å². The number of methoxy groups -OCH3 is 1. The Kier molecular flexibility index (Phi) is 5.39. The normalized spacial score (nSPS) is 14.8. The molecule has 0 bridgehead atoms. The van der Waals surface area contributed by atoms with Gasteiger partial charge in [0.05, 0.1) is 25.0 Å². The Morgan fingerprint density at radius 2 is 2.35 bits per heavy atom. The summed E-state index contributed by atoms with van der Waals surface area (Å²) in [5, 5.41) is 7.44. The van der Waals surface area contributed by atoms with Gasteiger partial charge < -0.3 is 15.0 Å². The van der Waals surface area contributed by atoms with Gasteiger partial charge in [0.2, 0.25) is 0 Å². The van der Waals surface area contributed by atoms with Gasteiger partial charge >= 0.3 is 0 Å². The average molecular weight is 301 g/mol. The molecule has 1 aliphatic carbocycles. The number of likely N-dealkylation sites (N-methyl/N-ethyl adjacent to an activating group) is 1. The average Bonchev–Trinajstić information content (AvgIpc) is 3.27. The number of halogens is 1. The second-order valence-electron chi connectivity index (χ2n) is 5.03. The summed E-state index contributed by atoms with van der Waals surface area (Å²) < 4.78 is 6.24. The molecule has 0 saturated heterocycles. The molecule has 0 atom stereocenters. The van der Waals surface area contributed by atoms with E-state index in [1.54, 1.807) is 13.3 Å². The van der Waals surface area contributed by atoms with Crippen LogP contribution in [-0.2, 0) is 11.3 Å². The van der Waals surface area contributed by atoms with Gasteiger partial charge in [-0.3, -0.25) is 4.79 Å². The summed E-state index contributed by atoms with van der Waals surface area (Å²) in [6, 6.07) is 0.729. The van der Waals surface area contributed by atoms with Crippen molar-refractivity contribution in [3.8, 4) is 0 Å². The molecule has 2 rings (SSSR count). The van der Waals surface area contributed by atoms with Crippen LogP contribution in [0.25, 0.3) is 0 Å². The lowest BCUT2D eigenvalue weighted by atomic mass is 10.4. The van der Waals surface area contributed by atoms with Crippen molar-refractivity contribution in [2.24, 2.45) is 0 Å². The van der Waals surface area contributed by atoms with Crippen LogP contribution in [0.3, 0.4) is 0 Å². The Hall–Kier alpha value is -1.11. The maximum atomic E-state index is 12.0. The molecule has 0 aromatic carbocycles. The molecule has 1 aromatic rings. The maximum Gasteiger partial charge on any atom is 0.287 e. The summed E-state index contributed by atoms with van der Waals surface area (Å²) in [5.74, 6) is 0. The lowest BCUT2D eigenvalue weighted by molar-refractivity contribution is 0.182. The van der Waals surface area contributed by atoms with E-state index in [4.69, 9.17) is 16.3 Å². The Morgan fingerprint density at radius 1 is 1.60 bits per heavy atom. The number of nitrogens with zero attached hydrogens (tertiary/aromatic N) is 3. The molecule has 20 heavy (non-hydrogen) atoms. The number of hydrogen-bond donors (Lipinski definition) is 1. The molecule has 1 N–H and O–H groups in total. The first-order valence-corrected chi connectivity index (χ1v) is 7.20. The monoisotopic (exact) mass is 300 g/mol.